The molecule has 1 amide bonds. The lowest BCUT2D eigenvalue weighted by molar-refractivity contribution is -0.120. The van der Waals surface area contributed by atoms with E-state index in [2.05, 4.69) is 15.6 Å². The van der Waals surface area contributed by atoms with Crippen LogP contribution < -0.4 is 21.0 Å². The number of carbonyl (C=O) groups is 1. The Bertz CT molecular complexity index is 1260. The normalized spacial score (nSPS) is 11.0. The van der Waals surface area contributed by atoms with Crippen LogP contribution in [-0.4, -0.2) is 31.1 Å². The number of para-hydroxylation sites is 1. The van der Waals surface area contributed by atoms with Gasteiger partial charge in [-0.05, 0) is 43.2 Å². The van der Waals surface area contributed by atoms with E-state index < -0.39 is 5.63 Å². The van der Waals surface area contributed by atoms with E-state index in [-0.39, 0.29) is 12.3 Å². The molecule has 0 radical (unpaired) electrons. The van der Waals surface area contributed by atoms with Crippen LogP contribution >= 0.6 is 11.3 Å². The fraction of sp³-hybridized carbons (Fsp3) is 0.261. The van der Waals surface area contributed by atoms with Gasteiger partial charge in [0.25, 0.3) is 0 Å². The van der Waals surface area contributed by atoms with Gasteiger partial charge in [-0.25, -0.2) is 9.78 Å². The first kappa shape index (κ1) is 20.9. The molecule has 0 fully saturated rings. The number of methoxy groups -OCH3 is 1. The number of carbonyl (C=O) groups excluding carboxylic acids is 1. The Balaban J connectivity index is 1.30. The molecule has 2 heterocycles. The summed E-state index contributed by atoms with van der Waals surface area (Å²) in [4.78, 5) is 29.1. The largest absolute Gasteiger partial charge is 0.497 e. The highest BCUT2D eigenvalue weighted by molar-refractivity contribution is 7.22. The highest BCUT2D eigenvalue weighted by Crippen LogP contribution is 2.25. The predicted octanol–water partition coefficient (Wildman–Crippen LogP) is 3.88. The summed E-state index contributed by atoms with van der Waals surface area (Å²) >= 11 is 1.58. The molecule has 2 aromatic heterocycles. The number of nitrogens with zero attached hydrogens (tertiary/aromatic N) is 1. The van der Waals surface area contributed by atoms with Gasteiger partial charge in [0, 0.05) is 36.5 Å². The minimum absolute atomic E-state index is 0.111. The van der Waals surface area contributed by atoms with E-state index in [9.17, 15) is 9.59 Å². The Hall–Kier alpha value is -3.39. The zero-order chi connectivity index (χ0) is 21.8. The maximum absolute atomic E-state index is 12.4. The molecule has 4 rings (SSSR count). The van der Waals surface area contributed by atoms with Crippen molar-refractivity contribution < 1.29 is 13.9 Å². The maximum atomic E-state index is 12.4. The molecule has 0 aliphatic heterocycles. The van der Waals surface area contributed by atoms with Gasteiger partial charge in [0.05, 0.1) is 17.3 Å². The first-order valence-electron chi connectivity index (χ1n) is 10.0. The third-order valence-corrected chi connectivity index (χ3v) is 6.11. The summed E-state index contributed by atoms with van der Waals surface area (Å²) in [5, 5.41) is 7.78. The van der Waals surface area contributed by atoms with Crippen LogP contribution in [0.3, 0.4) is 0 Å². The predicted molar refractivity (Wildman–Crippen MR) is 123 cm³/mol. The summed E-state index contributed by atoms with van der Waals surface area (Å²) in [7, 11) is 1.56. The highest BCUT2D eigenvalue weighted by Gasteiger charge is 2.13. The number of thiazole rings is 1. The van der Waals surface area contributed by atoms with Gasteiger partial charge in [0.15, 0.2) is 5.13 Å². The molecule has 8 heteroatoms. The highest BCUT2D eigenvalue weighted by atomic mass is 32.1. The maximum Gasteiger partial charge on any atom is 0.339 e. The fourth-order valence-electron chi connectivity index (χ4n) is 3.44. The summed E-state index contributed by atoms with van der Waals surface area (Å²) in [6.07, 6.45) is 0.543. The third-order valence-electron chi connectivity index (χ3n) is 5.11. The molecule has 0 unspecified atom stereocenters. The zero-order valence-electron chi connectivity index (χ0n) is 17.4. The second-order valence-electron chi connectivity index (χ2n) is 7.12. The van der Waals surface area contributed by atoms with Crippen molar-refractivity contribution in [1.29, 1.82) is 0 Å². The molecule has 0 spiro atoms. The molecule has 0 atom stereocenters. The van der Waals surface area contributed by atoms with E-state index in [4.69, 9.17) is 9.15 Å². The molecule has 0 aliphatic carbocycles. The number of aryl methyl sites for hydroxylation is 1. The molecule has 0 bridgehead atoms. The SMILES string of the molecule is COc1ccc2c(C)c(CCC(=O)NCCNc3nc4ccccc4s3)c(=O)oc2c1. The topological polar surface area (TPSA) is 93.5 Å². The summed E-state index contributed by atoms with van der Waals surface area (Å²) < 4.78 is 11.7. The van der Waals surface area contributed by atoms with Crippen molar-refractivity contribution in [2.45, 2.75) is 19.8 Å². The number of aromatic nitrogens is 1. The van der Waals surface area contributed by atoms with Gasteiger partial charge in [0.1, 0.15) is 11.3 Å². The van der Waals surface area contributed by atoms with Crippen LogP contribution in [0.2, 0.25) is 0 Å². The molecule has 2 aromatic carbocycles. The Labute approximate surface area is 183 Å². The number of hydrogen-bond acceptors (Lipinski definition) is 7. The van der Waals surface area contributed by atoms with Crippen molar-refractivity contribution in [2.75, 3.05) is 25.5 Å². The van der Waals surface area contributed by atoms with Crippen molar-refractivity contribution in [2.24, 2.45) is 0 Å². The van der Waals surface area contributed by atoms with Crippen molar-refractivity contribution in [3.05, 3.63) is 64.0 Å². The van der Waals surface area contributed by atoms with Crippen LogP contribution in [0.4, 0.5) is 5.13 Å². The quantitative estimate of drug-likeness (QED) is 0.321. The van der Waals surface area contributed by atoms with Gasteiger partial charge in [-0.1, -0.05) is 23.5 Å². The van der Waals surface area contributed by atoms with E-state index in [1.54, 1.807) is 24.5 Å². The molecular weight excluding hydrogens is 414 g/mol. The number of ether oxygens (including phenoxy) is 1. The molecule has 31 heavy (non-hydrogen) atoms. The van der Waals surface area contributed by atoms with Gasteiger partial charge in [-0.15, -0.1) is 0 Å². The number of amides is 1. The molecule has 160 valence electrons. The average molecular weight is 438 g/mol. The van der Waals surface area contributed by atoms with E-state index in [1.807, 2.05) is 43.3 Å². The number of benzene rings is 2. The Morgan fingerprint density at radius 1 is 1.19 bits per heavy atom. The Kier molecular flexibility index (Phi) is 6.18. The molecule has 0 saturated carbocycles. The Morgan fingerprint density at radius 2 is 2.03 bits per heavy atom. The fourth-order valence-corrected chi connectivity index (χ4v) is 4.33. The standard InChI is InChI=1S/C23H23N3O4S/c1-14-16-8-7-15(29-2)13-19(16)30-22(28)17(14)9-10-21(27)24-11-12-25-23-26-18-5-3-4-6-20(18)31-23/h3-8,13H,9-12H2,1-2H3,(H,24,27)(H,25,26). The van der Waals surface area contributed by atoms with Crippen molar-refractivity contribution in [3.8, 4) is 5.75 Å². The molecule has 4 aromatic rings. The van der Waals surface area contributed by atoms with Gasteiger partial charge < -0.3 is 19.8 Å². The van der Waals surface area contributed by atoms with Gasteiger partial charge in [-0.2, -0.15) is 0 Å². The van der Waals surface area contributed by atoms with Crippen LogP contribution in [0.1, 0.15) is 17.5 Å². The van der Waals surface area contributed by atoms with Crippen LogP contribution in [0.5, 0.6) is 5.75 Å². The van der Waals surface area contributed by atoms with Crippen molar-refractivity contribution in [1.82, 2.24) is 10.3 Å². The summed E-state index contributed by atoms with van der Waals surface area (Å²) in [6.45, 7) is 2.92. The minimum atomic E-state index is -0.413. The van der Waals surface area contributed by atoms with E-state index in [0.717, 1.165) is 26.3 Å². The molecular formula is C23H23N3O4S. The number of rotatable bonds is 8. The lowest BCUT2D eigenvalue weighted by atomic mass is 10.0. The Morgan fingerprint density at radius 3 is 2.84 bits per heavy atom. The van der Waals surface area contributed by atoms with Gasteiger partial charge in [-0.3, -0.25) is 4.79 Å². The van der Waals surface area contributed by atoms with E-state index >= 15 is 0 Å². The number of fused-ring (bicyclic) bond motifs is 2. The monoisotopic (exact) mass is 437 g/mol. The summed E-state index contributed by atoms with van der Waals surface area (Å²) in [5.41, 5.74) is 2.39. The average Bonchev–Trinajstić information content (AvgIpc) is 3.19. The smallest absolute Gasteiger partial charge is 0.339 e. The first-order valence-corrected chi connectivity index (χ1v) is 10.8. The van der Waals surface area contributed by atoms with Gasteiger partial charge >= 0.3 is 5.63 Å². The summed E-state index contributed by atoms with van der Waals surface area (Å²) in [5.74, 6) is 0.515. The molecule has 0 saturated heterocycles. The lowest BCUT2D eigenvalue weighted by Gasteiger charge is -2.09. The second-order valence-corrected chi connectivity index (χ2v) is 8.15. The number of hydrogen-bond donors (Lipinski definition) is 2. The lowest BCUT2D eigenvalue weighted by Crippen LogP contribution is -2.29. The summed E-state index contributed by atoms with van der Waals surface area (Å²) in [6, 6.07) is 13.3. The van der Waals surface area contributed by atoms with Gasteiger partial charge in [0.2, 0.25) is 5.91 Å². The second kappa shape index (κ2) is 9.18. The van der Waals surface area contributed by atoms with E-state index in [1.165, 1.54) is 0 Å². The third kappa shape index (κ3) is 4.69. The first-order chi connectivity index (χ1) is 15.0. The van der Waals surface area contributed by atoms with Crippen LogP contribution in [-0.2, 0) is 11.2 Å². The molecule has 2 N–H and O–H groups in total. The van der Waals surface area contributed by atoms with Crippen LogP contribution in [0, 0.1) is 6.92 Å². The minimum Gasteiger partial charge on any atom is -0.497 e. The molecule has 7 nitrogen and oxygen atoms in total. The molecule has 0 aliphatic rings. The zero-order valence-corrected chi connectivity index (χ0v) is 18.2. The van der Waals surface area contributed by atoms with Crippen molar-refractivity contribution in [3.63, 3.8) is 0 Å². The van der Waals surface area contributed by atoms with Crippen LogP contribution in [0.25, 0.3) is 21.2 Å². The van der Waals surface area contributed by atoms with Crippen LogP contribution in [0.15, 0.2) is 51.7 Å². The number of anilines is 1. The number of nitrogens with one attached hydrogen (secondary N) is 2. The van der Waals surface area contributed by atoms with Crippen molar-refractivity contribution >= 4 is 43.6 Å². The van der Waals surface area contributed by atoms with E-state index in [0.29, 0.717) is 36.4 Å².